The van der Waals surface area contributed by atoms with Gasteiger partial charge in [-0.1, -0.05) is 24.3 Å². The number of para-hydroxylation sites is 2. The minimum absolute atomic E-state index is 0.260. The van der Waals surface area contributed by atoms with Gasteiger partial charge in [0.25, 0.3) is 5.91 Å². The summed E-state index contributed by atoms with van der Waals surface area (Å²) in [7, 11) is 1.60. The van der Waals surface area contributed by atoms with Crippen LogP contribution in [0.3, 0.4) is 0 Å². The maximum Gasteiger partial charge on any atom is 0.338 e. The quantitative estimate of drug-likeness (QED) is 0.749. The maximum absolute atomic E-state index is 12.0. The summed E-state index contributed by atoms with van der Waals surface area (Å²) in [6.45, 7) is 0.708. The predicted molar refractivity (Wildman–Crippen MR) is 96.8 cm³/mol. The Bertz CT molecular complexity index is 789. The number of fused-ring (bicyclic) bond motifs is 1. The van der Waals surface area contributed by atoms with Crippen LogP contribution in [-0.2, 0) is 20.9 Å². The van der Waals surface area contributed by atoms with Gasteiger partial charge in [0.05, 0.1) is 18.7 Å². The molecule has 142 valence electrons. The highest BCUT2D eigenvalue weighted by Gasteiger charge is 2.21. The van der Waals surface area contributed by atoms with E-state index in [1.54, 1.807) is 31.4 Å². The average Bonchev–Trinajstić information content (AvgIpc) is 2.71. The summed E-state index contributed by atoms with van der Waals surface area (Å²) < 4.78 is 21.4. The first-order valence-corrected chi connectivity index (χ1v) is 8.56. The van der Waals surface area contributed by atoms with Crippen molar-refractivity contribution in [2.24, 2.45) is 0 Å². The van der Waals surface area contributed by atoms with Gasteiger partial charge in [0.2, 0.25) is 0 Å². The number of ether oxygens (including phenoxy) is 4. The van der Waals surface area contributed by atoms with Crippen molar-refractivity contribution in [3.63, 3.8) is 0 Å². The van der Waals surface area contributed by atoms with Crippen molar-refractivity contribution >= 4 is 11.9 Å². The first kappa shape index (κ1) is 18.7. The molecule has 3 rings (SSSR count). The number of esters is 1. The number of methoxy groups -OCH3 is 1. The monoisotopic (exact) mass is 371 g/mol. The Morgan fingerprint density at radius 3 is 2.59 bits per heavy atom. The van der Waals surface area contributed by atoms with Gasteiger partial charge in [-0.05, 0) is 29.8 Å². The van der Waals surface area contributed by atoms with E-state index in [4.69, 9.17) is 18.9 Å². The second-order valence-electron chi connectivity index (χ2n) is 6.01. The van der Waals surface area contributed by atoms with Crippen LogP contribution in [0.15, 0.2) is 48.5 Å². The third kappa shape index (κ3) is 5.21. The van der Waals surface area contributed by atoms with Crippen LogP contribution in [0, 0.1) is 0 Å². The number of rotatable bonds is 7. The number of nitrogens with one attached hydrogen (secondary N) is 1. The number of hydrogen-bond acceptors (Lipinski definition) is 6. The third-order valence-electron chi connectivity index (χ3n) is 3.93. The van der Waals surface area contributed by atoms with Crippen LogP contribution in [0.5, 0.6) is 11.5 Å². The van der Waals surface area contributed by atoms with Gasteiger partial charge in [-0.15, -0.1) is 0 Å². The highest BCUT2D eigenvalue weighted by molar-refractivity contribution is 5.91. The minimum Gasteiger partial charge on any atom is -0.486 e. The van der Waals surface area contributed by atoms with Crippen molar-refractivity contribution in [2.45, 2.75) is 12.7 Å². The Kier molecular flexibility index (Phi) is 6.27. The molecule has 1 aliphatic heterocycles. The summed E-state index contributed by atoms with van der Waals surface area (Å²) in [5.41, 5.74) is 1.33. The van der Waals surface area contributed by atoms with E-state index in [-0.39, 0.29) is 19.3 Å². The molecule has 0 bridgehead atoms. The van der Waals surface area contributed by atoms with Gasteiger partial charge in [-0.2, -0.15) is 0 Å². The fraction of sp³-hybridized carbons (Fsp3) is 0.300. The lowest BCUT2D eigenvalue weighted by Crippen LogP contribution is -2.42. The fourth-order valence-electron chi connectivity index (χ4n) is 2.56. The molecule has 1 N–H and O–H groups in total. The Morgan fingerprint density at radius 1 is 1.11 bits per heavy atom. The molecular weight excluding hydrogens is 350 g/mol. The summed E-state index contributed by atoms with van der Waals surface area (Å²) in [6.07, 6.45) is -0.298. The van der Waals surface area contributed by atoms with Gasteiger partial charge in [0, 0.05) is 7.11 Å². The molecule has 2 aromatic carbocycles. The van der Waals surface area contributed by atoms with E-state index in [9.17, 15) is 9.59 Å². The molecule has 1 aliphatic rings. The summed E-state index contributed by atoms with van der Waals surface area (Å²) in [4.78, 5) is 23.9. The molecule has 0 fully saturated rings. The van der Waals surface area contributed by atoms with E-state index in [1.807, 2.05) is 24.3 Å². The van der Waals surface area contributed by atoms with Crippen molar-refractivity contribution in [1.29, 1.82) is 0 Å². The molecular formula is C20H21NO6. The van der Waals surface area contributed by atoms with E-state index in [2.05, 4.69) is 5.32 Å². The normalized spacial score (nSPS) is 15.1. The van der Waals surface area contributed by atoms with Gasteiger partial charge in [0.15, 0.2) is 18.1 Å². The molecule has 7 nitrogen and oxygen atoms in total. The Balaban J connectivity index is 1.40. The summed E-state index contributed by atoms with van der Waals surface area (Å²) in [6, 6.07) is 14.2. The van der Waals surface area contributed by atoms with E-state index in [0.29, 0.717) is 30.3 Å². The molecule has 1 unspecified atom stereocenters. The van der Waals surface area contributed by atoms with Crippen LogP contribution in [0.4, 0.5) is 0 Å². The predicted octanol–water partition coefficient (Wildman–Crippen LogP) is 1.95. The Labute approximate surface area is 157 Å². The lowest BCUT2D eigenvalue weighted by atomic mass is 10.1. The molecule has 1 heterocycles. The van der Waals surface area contributed by atoms with Crippen molar-refractivity contribution < 1.29 is 28.5 Å². The lowest BCUT2D eigenvalue weighted by Gasteiger charge is -2.26. The van der Waals surface area contributed by atoms with Crippen LogP contribution in [0.25, 0.3) is 0 Å². The topological polar surface area (TPSA) is 83.1 Å². The van der Waals surface area contributed by atoms with Crippen molar-refractivity contribution in [3.8, 4) is 11.5 Å². The van der Waals surface area contributed by atoms with Crippen LogP contribution in [0.2, 0.25) is 0 Å². The minimum atomic E-state index is -0.555. The summed E-state index contributed by atoms with van der Waals surface area (Å²) in [5.74, 6) is 0.374. The SMILES string of the molecule is COCc1ccc(C(=O)OCC(=O)NCC2COc3ccccc3O2)cc1. The molecule has 1 atom stereocenters. The van der Waals surface area contributed by atoms with Crippen molar-refractivity contribution in [1.82, 2.24) is 5.32 Å². The number of hydrogen-bond donors (Lipinski definition) is 1. The van der Waals surface area contributed by atoms with Crippen LogP contribution >= 0.6 is 0 Å². The molecule has 0 saturated carbocycles. The molecule has 0 aromatic heterocycles. The molecule has 0 saturated heterocycles. The smallest absolute Gasteiger partial charge is 0.338 e. The number of carbonyl (C=O) groups excluding carboxylic acids is 2. The number of carbonyl (C=O) groups is 2. The van der Waals surface area contributed by atoms with E-state index < -0.39 is 11.9 Å². The maximum atomic E-state index is 12.0. The standard InChI is InChI=1S/C20H21NO6/c1-24-11-14-6-8-15(9-7-14)20(23)26-13-19(22)21-10-16-12-25-17-4-2-3-5-18(17)27-16/h2-9,16H,10-13H2,1H3,(H,21,22). The van der Waals surface area contributed by atoms with Gasteiger partial charge in [0.1, 0.15) is 12.7 Å². The molecule has 1 amide bonds. The first-order chi connectivity index (χ1) is 13.2. The summed E-state index contributed by atoms with van der Waals surface area (Å²) >= 11 is 0. The number of benzene rings is 2. The Morgan fingerprint density at radius 2 is 1.85 bits per heavy atom. The zero-order chi connectivity index (χ0) is 19.1. The van der Waals surface area contributed by atoms with Gasteiger partial charge in [-0.25, -0.2) is 4.79 Å². The molecule has 0 radical (unpaired) electrons. The fourth-order valence-corrected chi connectivity index (χ4v) is 2.56. The molecule has 27 heavy (non-hydrogen) atoms. The lowest BCUT2D eigenvalue weighted by molar-refractivity contribution is -0.124. The van der Waals surface area contributed by atoms with E-state index in [1.165, 1.54) is 0 Å². The van der Waals surface area contributed by atoms with Gasteiger partial charge in [-0.3, -0.25) is 4.79 Å². The second-order valence-corrected chi connectivity index (χ2v) is 6.01. The van der Waals surface area contributed by atoms with Gasteiger partial charge >= 0.3 is 5.97 Å². The van der Waals surface area contributed by atoms with Crippen LogP contribution in [-0.4, -0.2) is 44.8 Å². The van der Waals surface area contributed by atoms with E-state index >= 15 is 0 Å². The van der Waals surface area contributed by atoms with Crippen molar-refractivity contribution in [3.05, 3.63) is 59.7 Å². The van der Waals surface area contributed by atoms with Crippen LogP contribution < -0.4 is 14.8 Å². The highest BCUT2D eigenvalue weighted by atomic mass is 16.6. The third-order valence-corrected chi connectivity index (χ3v) is 3.93. The molecule has 0 aliphatic carbocycles. The zero-order valence-corrected chi connectivity index (χ0v) is 15.0. The van der Waals surface area contributed by atoms with Gasteiger partial charge < -0.3 is 24.3 Å². The first-order valence-electron chi connectivity index (χ1n) is 8.56. The summed E-state index contributed by atoms with van der Waals surface area (Å²) in [5, 5.41) is 2.68. The van der Waals surface area contributed by atoms with Crippen molar-refractivity contribution in [2.75, 3.05) is 26.9 Å². The van der Waals surface area contributed by atoms with E-state index in [0.717, 1.165) is 5.56 Å². The highest BCUT2D eigenvalue weighted by Crippen LogP contribution is 2.30. The largest absolute Gasteiger partial charge is 0.486 e. The Hall–Kier alpha value is -3.06. The molecule has 7 heteroatoms. The zero-order valence-electron chi connectivity index (χ0n) is 15.0. The average molecular weight is 371 g/mol. The second kappa shape index (κ2) is 9.05. The number of amides is 1. The van der Waals surface area contributed by atoms with Crippen LogP contribution in [0.1, 0.15) is 15.9 Å². The molecule has 0 spiro atoms. The molecule has 2 aromatic rings.